The predicted octanol–water partition coefficient (Wildman–Crippen LogP) is 6.37. The maximum Gasteiger partial charge on any atom is 0.0955 e. The third-order valence-electron chi connectivity index (χ3n) is 4.00. The first kappa shape index (κ1) is 18.4. The van der Waals surface area contributed by atoms with Crippen molar-refractivity contribution in [3.8, 4) is 11.8 Å². The summed E-state index contributed by atoms with van der Waals surface area (Å²) in [5.41, 5.74) is 4.82. The summed E-state index contributed by atoms with van der Waals surface area (Å²) in [4.78, 5) is 3.99. The van der Waals surface area contributed by atoms with E-state index in [9.17, 15) is 0 Å². The predicted molar refractivity (Wildman–Crippen MR) is 106 cm³/mol. The fourth-order valence-corrected chi connectivity index (χ4v) is 2.81. The molecule has 2 rings (SSSR count). The largest absolute Gasteiger partial charge is 0.193 e. The van der Waals surface area contributed by atoms with Crippen LogP contribution >= 0.6 is 23.8 Å². The van der Waals surface area contributed by atoms with Gasteiger partial charge >= 0.3 is 0 Å². The van der Waals surface area contributed by atoms with Gasteiger partial charge < -0.3 is 0 Å². The second kappa shape index (κ2) is 8.81. The number of hydrogen-bond acceptors (Lipinski definition) is 2. The molecule has 0 aliphatic heterocycles. The van der Waals surface area contributed by atoms with Crippen LogP contribution in [-0.2, 0) is 6.42 Å². The fraction of sp³-hybridized carbons (Fsp3) is 0.286. The third kappa shape index (κ3) is 5.05. The van der Waals surface area contributed by atoms with Gasteiger partial charge in [-0.3, -0.25) is 0 Å². The van der Waals surface area contributed by atoms with E-state index < -0.39 is 0 Å². The van der Waals surface area contributed by atoms with E-state index in [4.69, 9.17) is 11.6 Å². The van der Waals surface area contributed by atoms with Crippen LogP contribution in [0.2, 0.25) is 5.02 Å². The molecule has 0 aliphatic carbocycles. The van der Waals surface area contributed by atoms with E-state index in [1.165, 1.54) is 12.0 Å². The monoisotopic (exact) mass is 353 g/mol. The van der Waals surface area contributed by atoms with Crippen molar-refractivity contribution >= 4 is 34.7 Å². The van der Waals surface area contributed by atoms with Gasteiger partial charge in [0, 0.05) is 11.1 Å². The highest BCUT2D eigenvalue weighted by molar-refractivity contribution is 7.78. The van der Waals surface area contributed by atoms with Crippen molar-refractivity contribution in [1.29, 1.82) is 0 Å². The van der Waals surface area contributed by atoms with E-state index in [2.05, 4.69) is 72.3 Å². The quantitative estimate of drug-likeness (QED) is 0.353. The maximum atomic E-state index is 6.23. The van der Waals surface area contributed by atoms with Gasteiger partial charge in [0.1, 0.15) is 0 Å². The first-order valence-corrected chi connectivity index (χ1v) is 8.81. The van der Waals surface area contributed by atoms with Crippen LogP contribution in [0.25, 0.3) is 0 Å². The highest BCUT2D eigenvalue weighted by Gasteiger charge is 2.04. The van der Waals surface area contributed by atoms with E-state index in [0.29, 0.717) is 16.6 Å². The second-order valence-corrected chi connectivity index (χ2v) is 6.58. The molecule has 0 spiro atoms. The van der Waals surface area contributed by atoms with Gasteiger partial charge in [-0.15, -0.1) is 0 Å². The fourth-order valence-electron chi connectivity index (χ4n) is 2.41. The van der Waals surface area contributed by atoms with Gasteiger partial charge in [-0.25, -0.2) is 0 Å². The first-order valence-electron chi connectivity index (χ1n) is 8.02. The number of hydrogen-bond donors (Lipinski definition) is 0. The smallest absolute Gasteiger partial charge is 0.0955 e. The zero-order chi connectivity index (χ0) is 17.5. The molecule has 0 bridgehead atoms. The zero-order valence-electron chi connectivity index (χ0n) is 14.2. The molecule has 3 heteroatoms. The van der Waals surface area contributed by atoms with Crippen LogP contribution < -0.4 is 0 Å². The van der Waals surface area contributed by atoms with E-state index in [1.807, 2.05) is 19.1 Å². The summed E-state index contributed by atoms with van der Waals surface area (Å²) in [5.74, 6) is 7.06. The lowest BCUT2D eigenvalue weighted by molar-refractivity contribution is 0.560. The van der Waals surface area contributed by atoms with Crippen molar-refractivity contribution in [1.82, 2.24) is 0 Å². The Morgan fingerprint density at radius 3 is 2.38 bits per heavy atom. The van der Waals surface area contributed by atoms with Crippen LogP contribution in [0.15, 0.2) is 41.4 Å². The summed E-state index contributed by atoms with van der Waals surface area (Å²) in [6.45, 7) is 6.43. The van der Waals surface area contributed by atoms with Crippen LogP contribution in [0.1, 0.15) is 42.5 Å². The Balaban J connectivity index is 2.19. The van der Waals surface area contributed by atoms with Crippen LogP contribution in [0.4, 0.5) is 5.69 Å². The standard InChI is InChI=1S/C21H20ClNS/c1-4-15(2)11-18-8-5-17(6-9-18)7-10-19-12-16(3)21(23-14-24)20(22)13-19/h5-6,8-9,12-13,15H,4,11H2,1-3H3. The molecule has 1 unspecified atom stereocenters. The van der Waals surface area contributed by atoms with Gasteiger partial charge in [-0.05, 0) is 66.9 Å². The molecule has 1 atom stereocenters. The lowest BCUT2D eigenvalue weighted by Gasteiger charge is -2.07. The van der Waals surface area contributed by atoms with Crippen molar-refractivity contribution in [2.45, 2.75) is 33.6 Å². The molecule has 122 valence electrons. The average Bonchev–Trinajstić information content (AvgIpc) is 2.57. The Morgan fingerprint density at radius 2 is 1.79 bits per heavy atom. The maximum absolute atomic E-state index is 6.23. The molecular formula is C21H20ClNS. The number of benzene rings is 2. The molecular weight excluding hydrogens is 334 g/mol. The van der Waals surface area contributed by atoms with Crippen LogP contribution in [0.5, 0.6) is 0 Å². The van der Waals surface area contributed by atoms with Crippen molar-refractivity contribution in [3.63, 3.8) is 0 Å². The van der Waals surface area contributed by atoms with E-state index in [-0.39, 0.29) is 0 Å². The Labute approximate surface area is 154 Å². The molecule has 0 saturated carbocycles. The molecule has 24 heavy (non-hydrogen) atoms. The number of isothiocyanates is 1. The van der Waals surface area contributed by atoms with E-state index >= 15 is 0 Å². The highest BCUT2D eigenvalue weighted by atomic mass is 35.5. The minimum absolute atomic E-state index is 0.542. The van der Waals surface area contributed by atoms with Crippen molar-refractivity contribution in [3.05, 3.63) is 63.7 Å². The van der Waals surface area contributed by atoms with Gasteiger partial charge in [0.2, 0.25) is 0 Å². The Kier molecular flexibility index (Phi) is 6.76. The third-order valence-corrected chi connectivity index (χ3v) is 4.38. The second-order valence-electron chi connectivity index (χ2n) is 5.99. The number of aryl methyl sites for hydroxylation is 1. The SMILES string of the molecule is CCC(C)Cc1ccc(C#Cc2cc(C)c(N=C=S)c(Cl)c2)cc1. The number of aliphatic imine (C=N–C) groups is 1. The Morgan fingerprint density at radius 1 is 1.12 bits per heavy atom. The van der Waals surface area contributed by atoms with E-state index in [0.717, 1.165) is 23.1 Å². The normalized spacial score (nSPS) is 11.2. The summed E-state index contributed by atoms with van der Waals surface area (Å²) >= 11 is 10.9. The van der Waals surface area contributed by atoms with Crippen LogP contribution in [0, 0.1) is 24.7 Å². The van der Waals surface area contributed by atoms with Crippen LogP contribution in [-0.4, -0.2) is 5.16 Å². The minimum Gasteiger partial charge on any atom is -0.193 e. The molecule has 0 N–H and O–H groups in total. The Hall–Kier alpha value is -1.91. The molecule has 2 aromatic rings. The van der Waals surface area contributed by atoms with Crippen molar-refractivity contribution in [2.24, 2.45) is 10.9 Å². The molecule has 0 saturated heterocycles. The van der Waals surface area contributed by atoms with E-state index in [1.54, 1.807) is 0 Å². The van der Waals surface area contributed by atoms with Crippen molar-refractivity contribution in [2.75, 3.05) is 0 Å². The van der Waals surface area contributed by atoms with Gasteiger partial charge in [-0.2, -0.15) is 4.99 Å². The van der Waals surface area contributed by atoms with Gasteiger partial charge in [-0.1, -0.05) is 55.8 Å². The number of thiocarbonyl (C=S) groups is 1. The molecule has 0 heterocycles. The lowest BCUT2D eigenvalue weighted by Crippen LogP contribution is -1.97. The van der Waals surface area contributed by atoms with Gasteiger partial charge in [0.05, 0.1) is 15.9 Å². The summed E-state index contributed by atoms with van der Waals surface area (Å²) in [6.07, 6.45) is 2.31. The number of rotatable bonds is 4. The zero-order valence-corrected chi connectivity index (χ0v) is 15.8. The number of halogens is 1. The van der Waals surface area contributed by atoms with Crippen molar-refractivity contribution < 1.29 is 0 Å². The molecule has 2 aromatic carbocycles. The lowest BCUT2D eigenvalue weighted by atomic mass is 9.98. The molecule has 0 amide bonds. The number of nitrogens with zero attached hydrogens (tertiary/aromatic N) is 1. The first-order chi connectivity index (χ1) is 11.5. The minimum atomic E-state index is 0.542. The molecule has 0 radical (unpaired) electrons. The molecule has 0 fully saturated rings. The highest BCUT2D eigenvalue weighted by Crippen LogP contribution is 2.29. The molecule has 1 nitrogen and oxygen atoms in total. The van der Waals surface area contributed by atoms with Crippen LogP contribution in [0.3, 0.4) is 0 Å². The Bertz CT molecular complexity index is 798. The summed E-state index contributed by atoms with van der Waals surface area (Å²) in [7, 11) is 0. The summed E-state index contributed by atoms with van der Waals surface area (Å²) in [6, 6.07) is 12.2. The summed E-state index contributed by atoms with van der Waals surface area (Å²) in [5, 5.41) is 2.90. The summed E-state index contributed by atoms with van der Waals surface area (Å²) < 4.78 is 0. The topological polar surface area (TPSA) is 12.4 Å². The molecule has 0 aromatic heterocycles. The average molecular weight is 354 g/mol. The van der Waals surface area contributed by atoms with Gasteiger partial charge in [0.15, 0.2) is 0 Å². The molecule has 0 aliphatic rings. The van der Waals surface area contributed by atoms with Gasteiger partial charge in [0.25, 0.3) is 0 Å².